The molecule has 1 heterocycles. The van der Waals surface area contributed by atoms with Gasteiger partial charge in [0.1, 0.15) is 5.82 Å². The lowest BCUT2D eigenvalue weighted by molar-refractivity contribution is 0.133. The fraction of sp³-hybridized carbons (Fsp3) is 0.538. The van der Waals surface area contributed by atoms with Gasteiger partial charge in [0, 0.05) is 23.8 Å². The second-order valence-corrected chi connectivity index (χ2v) is 4.84. The van der Waals surface area contributed by atoms with Gasteiger partial charge in [0.2, 0.25) is 0 Å². The Kier molecular flexibility index (Phi) is 3.64. The summed E-state index contributed by atoms with van der Waals surface area (Å²) in [6.07, 6.45) is 1.06. The smallest absolute Gasteiger partial charge is 0.129 e. The molecular weight excluding hydrogens is 219 g/mol. The van der Waals surface area contributed by atoms with Crippen molar-refractivity contribution < 1.29 is 9.50 Å². The highest BCUT2D eigenvalue weighted by atomic mass is 19.1. The van der Waals surface area contributed by atoms with E-state index in [1.54, 1.807) is 12.1 Å². The van der Waals surface area contributed by atoms with E-state index in [-0.39, 0.29) is 18.5 Å². The second-order valence-electron chi connectivity index (χ2n) is 4.84. The van der Waals surface area contributed by atoms with E-state index in [1.165, 1.54) is 6.07 Å². The van der Waals surface area contributed by atoms with Gasteiger partial charge in [-0.15, -0.1) is 0 Å². The van der Waals surface area contributed by atoms with E-state index in [0.717, 1.165) is 13.0 Å². The molecule has 1 aromatic rings. The van der Waals surface area contributed by atoms with Crippen LogP contribution in [0.15, 0.2) is 18.2 Å². The van der Waals surface area contributed by atoms with Crippen LogP contribution in [0.3, 0.4) is 0 Å². The summed E-state index contributed by atoms with van der Waals surface area (Å²) in [5.41, 5.74) is 6.61. The van der Waals surface area contributed by atoms with Gasteiger partial charge in [-0.3, -0.25) is 4.90 Å². The fourth-order valence-corrected chi connectivity index (χ4v) is 2.49. The number of anilines is 1. The van der Waals surface area contributed by atoms with Gasteiger partial charge in [0.25, 0.3) is 0 Å². The van der Waals surface area contributed by atoms with Gasteiger partial charge < -0.3 is 10.8 Å². The molecule has 0 bridgehead atoms. The van der Waals surface area contributed by atoms with Crippen LogP contribution in [0.1, 0.15) is 18.9 Å². The molecule has 2 rings (SSSR count). The molecule has 94 valence electrons. The first kappa shape index (κ1) is 12.3. The van der Waals surface area contributed by atoms with Crippen LogP contribution in [0, 0.1) is 11.7 Å². The van der Waals surface area contributed by atoms with Crippen LogP contribution in [0.5, 0.6) is 0 Å². The summed E-state index contributed by atoms with van der Waals surface area (Å²) in [4.78, 5) is 2.14. The maximum atomic E-state index is 13.7. The summed E-state index contributed by atoms with van der Waals surface area (Å²) in [6.45, 7) is 3.72. The van der Waals surface area contributed by atoms with Gasteiger partial charge in [-0.1, -0.05) is 13.0 Å². The predicted molar refractivity (Wildman–Crippen MR) is 65.9 cm³/mol. The van der Waals surface area contributed by atoms with Crippen LogP contribution in [-0.4, -0.2) is 29.2 Å². The van der Waals surface area contributed by atoms with Crippen molar-refractivity contribution in [3.05, 3.63) is 29.6 Å². The van der Waals surface area contributed by atoms with Gasteiger partial charge in [0.15, 0.2) is 0 Å². The zero-order valence-electron chi connectivity index (χ0n) is 10.1. The molecule has 1 aliphatic rings. The summed E-state index contributed by atoms with van der Waals surface area (Å²) < 4.78 is 13.7. The van der Waals surface area contributed by atoms with Crippen LogP contribution >= 0.6 is 0 Å². The van der Waals surface area contributed by atoms with Crippen molar-refractivity contribution in [3.8, 4) is 0 Å². The Morgan fingerprint density at radius 1 is 1.53 bits per heavy atom. The average Bonchev–Trinajstić information content (AvgIpc) is 2.63. The number of benzene rings is 1. The van der Waals surface area contributed by atoms with Gasteiger partial charge in [-0.25, -0.2) is 4.39 Å². The highest BCUT2D eigenvalue weighted by Crippen LogP contribution is 2.26. The summed E-state index contributed by atoms with van der Waals surface area (Å²) in [6, 6.07) is 4.93. The molecule has 1 saturated heterocycles. The molecule has 3 nitrogen and oxygen atoms in total. The van der Waals surface area contributed by atoms with E-state index < -0.39 is 0 Å². The monoisotopic (exact) mass is 238 g/mol. The molecule has 4 heteroatoms. The van der Waals surface area contributed by atoms with Gasteiger partial charge in [0.05, 0.1) is 6.61 Å². The molecule has 0 aliphatic carbocycles. The van der Waals surface area contributed by atoms with E-state index >= 15 is 0 Å². The van der Waals surface area contributed by atoms with E-state index in [2.05, 4.69) is 11.8 Å². The third-order valence-electron chi connectivity index (χ3n) is 3.64. The molecule has 1 fully saturated rings. The van der Waals surface area contributed by atoms with Gasteiger partial charge in [-0.2, -0.15) is 0 Å². The van der Waals surface area contributed by atoms with Crippen molar-refractivity contribution in [2.45, 2.75) is 25.9 Å². The maximum absolute atomic E-state index is 13.7. The minimum atomic E-state index is -0.263. The lowest BCUT2D eigenvalue weighted by Crippen LogP contribution is -2.34. The number of nitrogens with two attached hydrogens (primary N) is 1. The average molecular weight is 238 g/mol. The molecule has 1 aromatic carbocycles. The standard InChI is InChI=1S/C13H19FN2O/c1-9-4-5-16(13(9)8-17)7-10-2-3-11(15)6-12(10)14/h2-3,6,9,13,17H,4-5,7-8,15H2,1H3. The molecule has 0 aromatic heterocycles. The second kappa shape index (κ2) is 5.02. The van der Waals surface area contributed by atoms with Gasteiger partial charge in [-0.05, 0) is 31.0 Å². The molecule has 2 atom stereocenters. The normalized spacial score (nSPS) is 25.4. The maximum Gasteiger partial charge on any atom is 0.129 e. The fourth-order valence-electron chi connectivity index (χ4n) is 2.49. The van der Waals surface area contributed by atoms with Gasteiger partial charge >= 0.3 is 0 Å². The lowest BCUT2D eigenvalue weighted by atomic mass is 10.0. The molecule has 0 amide bonds. The number of halogens is 1. The molecule has 3 N–H and O–H groups in total. The minimum Gasteiger partial charge on any atom is -0.399 e. The van der Waals surface area contributed by atoms with E-state index in [4.69, 9.17) is 5.73 Å². The highest BCUT2D eigenvalue weighted by molar-refractivity contribution is 5.40. The van der Waals surface area contributed by atoms with Crippen LogP contribution < -0.4 is 5.73 Å². The van der Waals surface area contributed by atoms with Crippen molar-refractivity contribution in [2.24, 2.45) is 5.92 Å². The summed E-state index contributed by atoms with van der Waals surface area (Å²) in [5.74, 6) is 0.207. The molecule has 17 heavy (non-hydrogen) atoms. The Morgan fingerprint density at radius 2 is 2.29 bits per heavy atom. The lowest BCUT2D eigenvalue weighted by Gasteiger charge is -2.25. The van der Waals surface area contributed by atoms with Crippen LogP contribution in [0.25, 0.3) is 0 Å². The van der Waals surface area contributed by atoms with E-state index in [0.29, 0.717) is 23.7 Å². The molecule has 2 unspecified atom stereocenters. The minimum absolute atomic E-state index is 0.137. The van der Waals surface area contributed by atoms with Crippen molar-refractivity contribution in [1.82, 2.24) is 4.90 Å². The summed E-state index contributed by atoms with van der Waals surface area (Å²) in [5, 5.41) is 9.34. The predicted octanol–water partition coefficient (Wildman–Crippen LogP) is 1.61. The first-order valence-corrected chi connectivity index (χ1v) is 6.00. The Hall–Kier alpha value is -1.13. The summed E-state index contributed by atoms with van der Waals surface area (Å²) in [7, 11) is 0. The van der Waals surface area contributed by atoms with Crippen LogP contribution in [0.2, 0.25) is 0 Å². The topological polar surface area (TPSA) is 49.5 Å². The first-order chi connectivity index (χ1) is 8.11. The molecular formula is C13H19FN2O. The molecule has 0 spiro atoms. The van der Waals surface area contributed by atoms with Crippen molar-refractivity contribution in [1.29, 1.82) is 0 Å². The SMILES string of the molecule is CC1CCN(Cc2ccc(N)cc2F)C1CO. The third kappa shape index (κ3) is 2.58. The number of rotatable bonds is 3. The van der Waals surface area contributed by atoms with E-state index in [9.17, 15) is 9.50 Å². The largest absolute Gasteiger partial charge is 0.399 e. The number of likely N-dealkylation sites (tertiary alicyclic amines) is 1. The van der Waals surface area contributed by atoms with Crippen molar-refractivity contribution in [2.75, 3.05) is 18.9 Å². The van der Waals surface area contributed by atoms with Crippen molar-refractivity contribution in [3.63, 3.8) is 0 Å². The van der Waals surface area contributed by atoms with Crippen LogP contribution in [-0.2, 0) is 6.54 Å². The number of nitrogen functional groups attached to an aromatic ring is 1. The number of hydrogen-bond donors (Lipinski definition) is 2. The van der Waals surface area contributed by atoms with E-state index in [1.807, 2.05) is 0 Å². The molecule has 0 saturated carbocycles. The quantitative estimate of drug-likeness (QED) is 0.787. The molecule has 1 aliphatic heterocycles. The highest BCUT2D eigenvalue weighted by Gasteiger charge is 2.30. The zero-order chi connectivity index (χ0) is 12.4. The zero-order valence-corrected chi connectivity index (χ0v) is 10.1. The summed E-state index contributed by atoms with van der Waals surface area (Å²) >= 11 is 0. The van der Waals surface area contributed by atoms with Crippen LogP contribution in [0.4, 0.5) is 10.1 Å². The Balaban J connectivity index is 2.10. The Labute approximate surface area is 101 Å². The number of aliphatic hydroxyl groups excluding tert-OH is 1. The number of hydrogen-bond acceptors (Lipinski definition) is 3. The Morgan fingerprint density at radius 3 is 2.94 bits per heavy atom. The molecule has 0 radical (unpaired) electrons. The first-order valence-electron chi connectivity index (χ1n) is 6.00. The number of nitrogens with zero attached hydrogens (tertiary/aromatic N) is 1. The number of aliphatic hydroxyl groups is 1. The Bertz CT molecular complexity index is 397. The van der Waals surface area contributed by atoms with Crippen molar-refractivity contribution >= 4 is 5.69 Å². The third-order valence-corrected chi connectivity index (χ3v) is 3.64.